The summed E-state index contributed by atoms with van der Waals surface area (Å²) in [5, 5.41) is 0.695. The van der Waals surface area contributed by atoms with Gasteiger partial charge < -0.3 is 10.2 Å². The molecule has 1 saturated carbocycles. The predicted octanol–water partition coefficient (Wildman–Crippen LogP) is 3.56. The van der Waals surface area contributed by atoms with Gasteiger partial charge in [0, 0.05) is 11.1 Å². The van der Waals surface area contributed by atoms with E-state index >= 15 is 0 Å². The highest BCUT2D eigenvalue weighted by Crippen LogP contribution is 2.41. The lowest BCUT2D eigenvalue weighted by molar-refractivity contribution is 0.332. The maximum atomic E-state index is 6.21. The van der Waals surface area contributed by atoms with Crippen molar-refractivity contribution in [1.29, 1.82) is 0 Å². The van der Waals surface area contributed by atoms with E-state index in [1.165, 1.54) is 0 Å². The molecule has 96 valence electrons. The van der Waals surface area contributed by atoms with E-state index in [1.54, 1.807) is 0 Å². The molecule has 0 radical (unpaired) electrons. The summed E-state index contributed by atoms with van der Waals surface area (Å²) in [6.45, 7) is 4.13. The molecule has 2 N–H and O–H groups in total. The van der Waals surface area contributed by atoms with E-state index in [1.807, 2.05) is 19.1 Å². The summed E-state index contributed by atoms with van der Waals surface area (Å²) < 4.78 is 5.96. The molecule has 4 heteroatoms. The first-order valence-electron chi connectivity index (χ1n) is 6.33. The molecule has 2 unspecified atom stereocenters. The van der Waals surface area contributed by atoms with Gasteiger partial charge in [-0.05, 0) is 44.4 Å². The number of rotatable bonds is 1. The molecule has 2 aromatic rings. The van der Waals surface area contributed by atoms with Crippen LogP contribution in [0, 0.1) is 6.92 Å². The molecule has 1 aliphatic rings. The van der Waals surface area contributed by atoms with Gasteiger partial charge >= 0.3 is 0 Å². The normalized spacial score (nSPS) is 28.1. The Morgan fingerprint density at radius 1 is 1.50 bits per heavy atom. The quantitative estimate of drug-likeness (QED) is 0.857. The third-order valence-electron chi connectivity index (χ3n) is 4.16. The van der Waals surface area contributed by atoms with Crippen LogP contribution in [0.3, 0.4) is 0 Å². The Kier molecular flexibility index (Phi) is 2.65. The highest BCUT2D eigenvalue weighted by Gasteiger charge is 2.42. The van der Waals surface area contributed by atoms with Crippen LogP contribution < -0.4 is 5.73 Å². The zero-order chi connectivity index (χ0) is 12.9. The van der Waals surface area contributed by atoms with Crippen molar-refractivity contribution in [2.75, 3.05) is 0 Å². The van der Waals surface area contributed by atoms with Crippen molar-refractivity contribution in [3.05, 3.63) is 28.6 Å². The number of fused-ring (bicyclic) bond motifs is 1. The van der Waals surface area contributed by atoms with Gasteiger partial charge in [-0.25, -0.2) is 4.98 Å². The number of nitrogens with two attached hydrogens (primary N) is 1. The Balaban J connectivity index is 2.17. The van der Waals surface area contributed by atoms with Gasteiger partial charge in [0.2, 0.25) is 5.89 Å². The van der Waals surface area contributed by atoms with Gasteiger partial charge in [-0.15, -0.1) is 0 Å². The van der Waals surface area contributed by atoms with Crippen LogP contribution in [-0.4, -0.2) is 11.0 Å². The third kappa shape index (κ3) is 1.65. The zero-order valence-corrected chi connectivity index (χ0v) is 11.4. The SMILES string of the molecule is Cc1cc(Cl)cc2nc(C3(C)CCCC3N)oc12. The summed E-state index contributed by atoms with van der Waals surface area (Å²) in [6.07, 6.45) is 3.21. The molecule has 1 heterocycles. The third-order valence-corrected chi connectivity index (χ3v) is 4.38. The molecule has 3 rings (SSSR count). The Bertz CT molecular complexity index is 607. The molecule has 1 aromatic heterocycles. The fourth-order valence-electron chi connectivity index (χ4n) is 2.86. The fraction of sp³-hybridized carbons (Fsp3) is 0.500. The molecule has 0 amide bonds. The molecule has 1 fully saturated rings. The van der Waals surface area contributed by atoms with Gasteiger partial charge in [0.1, 0.15) is 5.52 Å². The lowest BCUT2D eigenvalue weighted by Gasteiger charge is -2.24. The Labute approximate surface area is 111 Å². The number of aryl methyl sites for hydroxylation is 1. The lowest BCUT2D eigenvalue weighted by atomic mass is 9.85. The van der Waals surface area contributed by atoms with E-state index < -0.39 is 0 Å². The molecule has 0 aliphatic heterocycles. The number of oxazole rings is 1. The number of hydrogen-bond acceptors (Lipinski definition) is 3. The van der Waals surface area contributed by atoms with Crippen molar-refractivity contribution in [3.63, 3.8) is 0 Å². The van der Waals surface area contributed by atoms with Crippen LogP contribution in [0.25, 0.3) is 11.1 Å². The monoisotopic (exact) mass is 264 g/mol. The molecule has 18 heavy (non-hydrogen) atoms. The van der Waals surface area contributed by atoms with E-state index in [-0.39, 0.29) is 11.5 Å². The Hall–Kier alpha value is -1.06. The summed E-state index contributed by atoms with van der Waals surface area (Å²) in [6, 6.07) is 3.87. The highest BCUT2D eigenvalue weighted by atomic mass is 35.5. The number of hydrogen-bond donors (Lipinski definition) is 1. The largest absolute Gasteiger partial charge is 0.440 e. The molecular formula is C14H17ClN2O. The Morgan fingerprint density at radius 3 is 2.94 bits per heavy atom. The van der Waals surface area contributed by atoms with Crippen molar-refractivity contribution >= 4 is 22.7 Å². The maximum absolute atomic E-state index is 6.21. The van der Waals surface area contributed by atoms with Crippen molar-refractivity contribution in [3.8, 4) is 0 Å². The highest BCUT2D eigenvalue weighted by molar-refractivity contribution is 6.31. The van der Waals surface area contributed by atoms with Crippen LogP contribution in [0.5, 0.6) is 0 Å². The second kappa shape index (κ2) is 3.97. The minimum absolute atomic E-state index is 0.126. The molecule has 1 aromatic carbocycles. The van der Waals surface area contributed by atoms with Crippen molar-refractivity contribution in [2.24, 2.45) is 5.73 Å². The summed E-state index contributed by atoms with van der Waals surface area (Å²) in [4.78, 5) is 4.61. The minimum Gasteiger partial charge on any atom is -0.440 e. The summed E-state index contributed by atoms with van der Waals surface area (Å²) >= 11 is 6.05. The number of benzene rings is 1. The number of nitrogens with zero attached hydrogens (tertiary/aromatic N) is 1. The van der Waals surface area contributed by atoms with Crippen molar-refractivity contribution in [1.82, 2.24) is 4.98 Å². The number of aromatic nitrogens is 1. The van der Waals surface area contributed by atoms with E-state index in [2.05, 4.69) is 11.9 Å². The molecule has 0 bridgehead atoms. The predicted molar refractivity (Wildman–Crippen MR) is 72.9 cm³/mol. The lowest BCUT2D eigenvalue weighted by Crippen LogP contribution is -2.38. The maximum Gasteiger partial charge on any atom is 0.203 e. The van der Waals surface area contributed by atoms with Gasteiger partial charge in [-0.2, -0.15) is 0 Å². The van der Waals surface area contributed by atoms with Crippen LogP contribution in [0.4, 0.5) is 0 Å². The molecule has 1 aliphatic carbocycles. The second-order valence-electron chi connectivity index (χ2n) is 5.51. The van der Waals surface area contributed by atoms with Crippen LogP contribution in [-0.2, 0) is 5.41 Å². The van der Waals surface area contributed by atoms with Crippen molar-refractivity contribution in [2.45, 2.75) is 44.6 Å². The topological polar surface area (TPSA) is 52.0 Å². The second-order valence-corrected chi connectivity index (χ2v) is 5.94. The molecule has 0 spiro atoms. The van der Waals surface area contributed by atoms with Gasteiger partial charge in [0.25, 0.3) is 0 Å². The van der Waals surface area contributed by atoms with Gasteiger partial charge in [-0.1, -0.05) is 18.0 Å². The van der Waals surface area contributed by atoms with E-state index in [9.17, 15) is 0 Å². The van der Waals surface area contributed by atoms with Crippen molar-refractivity contribution < 1.29 is 4.42 Å². The smallest absolute Gasteiger partial charge is 0.203 e. The zero-order valence-electron chi connectivity index (χ0n) is 10.7. The molecule has 0 saturated heterocycles. The van der Waals surface area contributed by atoms with Gasteiger partial charge in [0.15, 0.2) is 5.58 Å². The van der Waals surface area contributed by atoms with E-state index in [0.717, 1.165) is 41.8 Å². The standard InChI is InChI=1S/C14H17ClN2O/c1-8-6-9(15)7-10-12(8)18-13(17-10)14(2)5-3-4-11(14)16/h6-7,11H,3-5,16H2,1-2H3. The van der Waals surface area contributed by atoms with Crippen LogP contribution in [0.15, 0.2) is 16.5 Å². The Morgan fingerprint density at radius 2 is 2.28 bits per heavy atom. The van der Waals surface area contributed by atoms with Gasteiger partial charge in [0.05, 0.1) is 5.41 Å². The van der Waals surface area contributed by atoms with Crippen LogP contribution in [0.1, 0.15) is 37.6 Å². The first kappa shape index (κ1) is 12.0. The fourth-order valence-corrected chi connectivity index (χ4v) is 3.13. The summed E-state index contributed by atoms with van der Waals surface area (Å²) in [5.41, 5.74) is 8.75. The van der Waals surface area contributed by atoms with Crippen LogP contribution in [0.2, 0.25) is 5.02 Å². The molecule has 3 nitrogen and oxygen atoms in total. The average molecular weight is 265 g/mol. The first-order valence-corrected chi connectivity index (χ1v) is 6.71. The van der Waals surface area contributed by atoms with E-state index in [0.29, 0.717) is 5.02 Å². The number of halogens is 1. The summed E-state index contributed by atoms with van der Waals surface area (Å²) in [7, 11) is 0. The average Bonchev–Trinajstić information content (AvgIpc) is 2.85. The minimum atomic E-state index is -0.141. The first-order chi connectivity index (χ1) is 8.50. The summed E-state index contributed by atoms with van der Waals surface area (Å²) in [5.74, 6) is 0.757. The molecular weight excluding hydrogens is 248 g/mol. The van der Waals surface area contributed by atoms with Gasteiger partial charge in [-0.3, -0.25) is 0 Å². The van der Waals surface area contributed by atoms with E-state index in [4.69, 9.17) is 21.8 Å². The van der Waals surface area contributed by atoms with Crippen LogP contribution >= 0.6 is 11.6 Å². The molecule has 2 atom stereocenters.